The minimum Gasteiger partial charge on any atom is -0.479 e. The van der Waals surface area contributed by atoms with Crippen molar-refractivity contribution in [1.29, 1.82) is 0 Å². The summed E-state index contributed by atoms with van der Waals surface area (Å²) in [5.41, 5.74) is 0.922. The van der Waals surface area contributed by atoms with Crippen molar-refractivity contribution in [3.05, 3.63) is 17.5 Å². The molecule has 0 bridgehead atoms. The minimum atomic E-state index is -1.12. The molecule has 0 spiro atoms. The highest BCUT2D eigenvalue weighted by atomic mass is 16.5. The smallest absolute Gasteiger partial charge is 0.334 e. The van der Waals surface area contributed by atoms with Gasteiger partial charge in [-0.15, -0.1) is 0 Å². The number of carboxylic acids is 1. The maximum Gasteiger partial charge on any atom is 0.334 e. The average molecular weight is 269 g/mol. The number of nitrogens with zero attached hydrogens (tertiary/aromatic N) is 1. The molecule has 0 saturated carbocycles. The lowest BCUT2D eigenvalue weighted by Gasteiger charge is -2.14. The van der Waals surface area contributed by atoms with Crippen LogP contribution >= 0.6 is 0 Å². The molecule has 1 rings (SSSR count). The van der Waals surface area contributed by atoms with Gasteiger partial charge >= 0.3 is 5.97 Å². The molecule has 0 aliphatic rings. The number of H-pyrrole nitrogens is 1. The molecule has 1 aromatic rings. The van der Waals surface area contributed by atoms with E-state index in [4.69, 9.17) is 9.84 Å². The quantitative estimate of drug-likeness (QED) is 0.723. The van der Waals surface area contributed by atoms with Gasteiger partial charge < -0.3 is 15.2 Å². The van der Waals surface area contributed by atoms with Crippen molar-refractivity contribution < 1.29 is 19.4 Å². The van der Waals surface area contributed by atoms with Crippen LogP contribution in [0.5, 0.6) is 0 Å². The summed E-state index contributed by atoms with van der Waals surface area (Å²) in [4.78, 5) is 22.5. The maximum absolute atomic E-state index is 11.8. The Balaban J connectivity index is 2.64. The summed E-state index contributed by atoms with van der Waals surface area (Å²) in [5, 5.41) is 17.9. The second-order valence-electron chi connectivity index (χ2n) is 5.19. The Labute approximate surface area is 111 Å². The van der Waals surface area contributed by atoms with E-state index in [-0.39, 0.29) is 17.7 Å². The van der Waals surface area contributed by atoms with Crippen LogP contribution in [0.25, 0.3) is 0 Å². The first-order valence-corrected chi connectivity index (χ1v) is 5.85. The van der Waals surface area contributed by atoms with Gasteiger partial charge in [-0.2, -0.15) is 5.10 Å². The van der Waals surface area contributed by atoms with Crippen molar-refractivity contribution >= 4 is 11.9 Å². The van der Waals surface area contributed by atoms with Gasteiger partial charge in [-0.3, -0.25) is 9.89 Å². The van der Waals surface area contributed by atoms with E-state index < -0.39 is 18.0 Å². The summed E-state index contributed by atoms with van der Waals surface area (Å²) in [6.45, 7) is 5.87. The number of carboxylic acid groups (broad SMARTS) is 1. The molecule has 1 unspecified atom stereocenters. The van der Waals surface area contributed by atoms with Crippen LogP contribution in [0.4, 0.5) is 0 Å². The zero-order chi connectivity index (χ0) is 14.6. The van der Waals surface area contributed by atoms with Crippen molar-refractivity contribution in [3.63, 3.8) is 0 Å². The van der Waals surface area contributed by atoms with Crippen LogP contribution in [-0.4, -0.2) is 46.9 Å². The van der Waals surface area contributed by atoms with Gasteiger partial charge in [0.05, 0.1) is 6.54 Å². The van der Waals surface area contributed by atoms with Crippen LogP contribution in [0.3, 0.4) is 0 Å². The number of hydrogen-bond acceptors (Lipinski definition) is 4. The predicted octanol–water partition coefficient (Wildman–Crippen LogP) is 0.537. The normalized spacial score (nSPS) is 13.1. The maximum atomic E-state index is 11.8. The Kier molecular flexibility index (Phi) is 4.66. The summed E-state index contributed by atoms with van der Waals surface area (Å²) < 4.78 is 4.71. The summed E-state index contributed by atoms with van der Waals surface area (Å²) in [6, 6.07) is 1.65. The molecule has 0 fully saturated rings. The van der Waals surface area contributed by atoms with Crippen molar-refractivity contribution in [2.24, 2.45) is 0 Å². The van der Waals surface area contributed by atoms with Crippen molar-refractivity contribution in [1.82, 2.24) is 15.5 Å². The fourth-order valence-corrected chi connectivity index (χ4v) is 1.37. The molecular formula is C12H19N3O4. The molecule has 0 aliphatic heterocycles. The lowest BCUT2D eigenvalue weighted by atomic mass is 9.92. The second kappa shape index (κ2) is 5.83. The topological polar surface area (TPSA) is 104 Å². The van der Waals surface area contributed by atoms with Gasteiger partial charge in [0, 0.05) is 18.2 Å². The van der Waals surface area contributed by atoms with Crippen LogP contribution in [0.2, 0.25) is 0 Å². The Bertz CT molecular complexity index is 462. The Morgan fingerprint density at radius 1 is 1.53 bits per heavy atom. The van der Waals surface area contributed by atoms with E-state index >= 15 is 0 Å². The number of amides is 1. The van der Waals surface area contributed by atoms with E-state index in [1.807, 2.05) is 20.8 Å². The molecule has 1 aromatic heterocycles. The van der Waals surface area contributed by atoms with Gasteiger partial charge in [-0.05, 0) is 6.07 Å². The molecule has 106 valence electrons. The first kappa shape index (κ1) is 15.2. The van der Waals surface area contributed by atoms with Crippen molar-refractivity contribution in [2.45, 2.75) is 32.3 Å². The molecule has 0 aromatic carbocycles. The molecule has 1 heterocycles. The highest BCUT2D eigenvalue weighted by molar-refractivity contribution is 5.92. The average Bonchev–Trinajstić information content (AvgIpc) is 2.77. The number of carbonyl (C=O) groups is 2. The third-order valence-corrected chi connectivity index (χ3v) is 2.63. The molecule has 7 nitrogen and oxygen atoms in total. The third-order valence-electron chi connectivity index (χ3n) is 2.63. The lowest BCUT2D eigenvalue weighted by Crippen LogP contribution is -2.37. The van der Waals surface area contributed by atoms with Crippen LogP contribution in [0.1, 0.15) is 37.0 Å². The third kappa shape index (κ3) is 4.06. The molecule has 7 heteroatoms. The largest absolute Gasteiger partial charge is 0.479 e. The Hall–Kier alpha value is -1.89. The van der Waals surface area contributed by atoms with Crippen molar-refractivity contribution in [3.8, 4) is 0 Å². The van der Waals surface area contributed by atoms with Crippen LogP contribution in [-0.2, 0) is 14.9 Å². The summed E-state index contributed by atoms with van der Waals surface area (Å²) in [7, 11) is 1.27. The van der Waals surface area contributed by atoms with Crippen LogP contribution in [0.15, 0.2) is 6.07 Å². The summed E-state index contributed by atoms with van der Waals surface area (Å²) in [5.74, 6) is -1.56. The molecule has 1 amide bonds. The SMILES string of the molecule is COC(CNC(=O)c1cc(C(C)(C)C)[nH]n1)C(=O)O. The van der Waals surface area contributed by atoms with E-state index in [1.54, 1.807) is 6.07 Å². The number of carbonyl (C=O) groups excluding carboxylic acids is 1. The standard InChI is InChI=1S/C12H19N3O4/c1-12(2,3)9-5-7(14-15-9)10(16)13-6-8(19-4)11(17)18/h5,8H,6H2,1-4H3,(H,13,16)(H,14,15)(H,17,18). The predicted molar refractivity (Wildman–Crippen MR) is 68.1 cm³/mol. The van der Waals surface area contributed by atoms with E-state index in [0.717, 1.165) is 5.69 Å². The number of aliphatic carboxylic acids is 1. The number of ether oxygens (including phenoxy) is 1. The molecule has 0 saturated heterocycles. The van der Waals surface area contributed by atoms with Gasteiger partial charge in [0.1, 0.15) is 5.69 Å². The number of nitrogens with one attached hydrogen (secondary N) is 2. The van der Waals surface area contributed by atoms with Gasteiger partial charge in [0.2, 0.25) is 0 Å². The van der Waals surface area contributed by atoms with E-state index in [9.17, 15) is 9.59 Å². The number of methoxy groups -OCH3 is 1. The highest BCUT2D eigenvalue weighted by Crippen LogP contribution is 2.20. The fourth-order valence-electron chi connectivity index (χ4n) is 1.37. The summed E-state index contributed by atoms with van der Waals surface area (Å²) >= 11 is 0. The Morgan fingerprint density at radius 3 is 2.58 bits per heavy atom. The molecule has 0 radical (unpaired) electrons. The molecule has 3 N–H and O–H groups in total. The van der Waals surface area contributed by atoms with Gasteiger partial charge in [-0.1, -0.05) is 20.8 Å². The van der Waals surface area contributed by atoms with Gasteiger partial charge in [0.15, 0.2) is 6.10 Å². The minimum absolute atomic E-state index is 0.109. The zero-order valence-electron chi connectivity index (χ0n) is 11.5. The van der Waals surface area contributed by atoms with Gasteiger partial charge in [-0.25, -0.2) is 4.79 Å². The van der Waals surface area contributed by atoms with E-state index in [1.165, 1.54) is 7.11 Å². The number of aromatic nitrogens is 2. The second-order valence-corrected chi connectivity index (χ2v) is 5.19. The van der Waals surface area contributed by atoms with Gasteiger partial charge in [0.25, 0.3) is 5.91 Å². The van der Waals surface area contributed by atoms with Crippen LogP contribution < -0.4 is 5.32 Å². The molecular weight excluding hydrogens is 250 g/mol. The molecule has 0 aliphatic carbocycles. The molecule has 1 atom stereocenters. The molecule has 19 heavy (non-hydrogen) atoms. The van der Waals surface area contributed by atoms with Crippen LogP contribution in [0, 0.1) is 0 Å². The number of hydrogen-bond donors (Lipinski definition) is 3. The Morgan fingerprint density at radius 2 is 2.16 bits per heavy atom. The first-order valence-electron chi connectivity index (χ1n) is 5.85. The van der Waals surface area contributed by atoms with E-state index in [2.05, 4.69) is 15.5 Å². The lowest BCUT2D eigenvalue weighted by molar-refractivity contribution is -0.148. The first-order chi connectivity index (χ1) is 8.75. The zero-order valence-corrected chi connectivity index (χ0v) is 11.5. The summed E-state index contributed by atoms with van der Waals surface area (Å²) in [6.07, 6.45) is -1.06. The number of rotatable bonds is 5. The monoisotopic (exact) mass is 269 g/mol. The number of aromatic amines is 1. The highest BCUT2D eigenvalue weighted by Gasteiger charge is 2.21. The fraction of sp³-hybridized carbons (Fsp3) is 0.583. The van der Waals surface area contributed by atoms with Crippen molar-refractivity contribution in [2.75, 3.05) is 13.7 Å². The van der Waals surface area contributed by atoms with E-state index in [0.29, 0.717) is 0 Å².